The average molecular weight is 603 g/mol. The Morgan fingerprint density at radius 3 is 2.25 bits per heavy atom. The van der Waals surface area contributed by atoms with Crippen molar-refractivity contribution < 1.29 is 19.0 Å². The van der Waals surface area contributed by atoms with Crippen molar-refractivity contribution in [3.8, 4) is 5.75 Å². The number of carbonyl (C=O) groups excluding carboxylic acids is 1. The third-order valence-electron chi connectivity index (χ3n) is 8.65. The second-order valence-electron chi connectivity index (χ2n) is 11.7. The summed E-state index contributed by atoms with van der Waals surface area (Å²) in [5.41, 5.74) is 2.95. The van der Waals surface area contributed by atoms with Gasteiger partial charge in [0.2, 0.25) is 0 Å². The molecule has 0 radical (unpaired) electrons. The maximum atomic E-state index is 12.5. The first-order valence-electron chi connectivity index (χ1n) is 15.6. The van der Waals surface area contributed by atoms with Gasteiger partial charge in [-0.15, -0.1) is 0 Å². The van der Waals surface area contributed by atoms with Crippen molar-refractivity contribution >= 4 is 29.4 Å². The molecule has 3 heterocycles. The van der Waals surface area contributed by atoms with Crippen molar-refractivity contribution in [2.45, 2.75) is 57.6 Å². The molecule has 2 saturated heterocycles. The van der Waals surface area contributed by atoms with Crippen molar-refractivity contribution in [2.75, 3.05) is 54.1 Å². The second-order valence-corrected chi connectivity index (χ2v) is 11.7. The van der Waals surface area contributed by atoms with Gasteiger partial charge >= 0.3 is 6.03 Å². The highest BCUT2D eigenvalue weighted by atomic mass is 16.8. The number of rotatable bonds is 12. The summed E-state index contributed by atoms with van der Waals surface area (Å²) in [7, 11) is 0. The van der Waals surface area contributed by atoms with Crippen LogP contribution >= 0.6 is 0 Å². The monoisotopic (exact) mass is 602 g/mol. The second kappa shape index (κ2) is 13.2. The van der Waals surface area contributed by atoms with Crippen LogP contribution in [0.3, 0.4) is 0 Å². The Bertz CT molecular complexity index is 1370. The van der Waals surface area contributed by atoms with Gasteiger partial charge in [0.25, 0.3) is 0 Å². The fourth-order valence-corrected chi connectivity index (χ4v) is 5.76. The molecule has 3 fully saturated rings. The van der Waals surface area contributed by atoms with Gasteiger partial charge in [0.05, 0.1) is 31.0 Å². The molecular formula is C32H42N8O4. The third-order valence-corrected chi connectivity index (χ3v) is 8.65. The number of amides is 2. The van der Waals surface area contributed by atoms with Crippen LogP contribution in [-0.4, -0.2) is 84.7 Å². The molecule has 2 amide bonds. The summed E-state index contributed by atoms with van der Waals surface area (Å²) in [6.45, 7) is 8.95. The molecule has 1 aromatic heterocycles. The van der Waals surface area contributed by atoms with Crippen LogP contribution in [0.5, 0.6) is 5.75 Å². The van der Waals surface area contributed by atoms with Gasteiger partial charge in [0.1, 0.15) is 25.0 Å². The number of urea groups is 1. The molecule has 1 aliphatic carbocycles. The molecule has 12 heteroatoms. The van der Waals surface area contributed by atoms with Crippen LogP contribution < -0.4 is 24.8 Å². The van der Waals surface area contributed by atoms with Crippen LogP contribution in [0.25, 0.3) is 0 Å². The Kier molecular flexibility index (Phi) is 8.99. The lowest BCUT2D eigenvalue weighted by Gasteiger charge is -2.37. The summed E-state index contributed by atoms with van der Waals surface area (Å²) in [5, 5.41) is 19.1. The van der Waals surface area contributed by atoms with E-state index < -0.39 is 5.79 Å². The van der Waals surface area contributed by atoms with Crippen LogP contribution in [0, 0.1) is 11.3 Å². The van der Waals surface area contributed by atoms with E-state index >= 15 is 0 Å². The molecule has 2 aromatic carbocycles. The first-order chi connectivity index (χ1) is 21.5. The van der Waals surface area contributed by atoms with E-state index in [9.17, 15) is 4.79 Å². The van der Waals surface area contributed by atoms with Gasteiger partial charge in [-0.1, -0.05) is 6.92 Å². The fraction of sp³-hybridized carbons (Fsp3) is 0.500. The van der Waals surface area contributed by atoms with Crippen molar-refractivity contribution in [3.63, 3.8) is 0 Å². The minimum absolute atomic E-state index is 0.0514. The lowest BCUT2D eigenvalue weighted by Crippen LogP contribution is -2.46. The van der Waals surface area contributed by atoms with Crippen molar-refractivity contribution in [2.24, 2.45) is 5.92 Å². The number of hydrogen-bond acceptors (Lipinski definition) is 9. The number of hydrogen-bond donors (Lipinski definition) is 2. The number of benzene rings is 2. The molecule has 0 spiro atoms. The van der Waals surface area contributed by atoms with Crippen molar-refractivity contribution in [3.05, 3.63) is 60.9 Å². The molecule has 2 N–H and O–H groups in total. The lowest BCUT2D eigenvalue weighted by atomic mass is 10.1. The predicted octanol–water partition coefficient (Wildman–Crippen LogP) is 4.13. The van der Waals surface area contributed by atoms with Gasteiger partial charge in [-0.25, -0.2) is 4.79 Å². The smallest absolute Gasteiger partial charge is 0.327 e. The van der Waals surface area contributed by atoms with E-state index in [4.69, 9.17) is 19.6 Å². The quantitative estimate of drug-likeness (QED) is 0.235. The summed E-state index contributed by atoms with van der Waals surface area (Å²) >= 11 is 0. The van der Waals surface area contributed by atoms with Gasteiger partial charge in [-0.2, -0.15) is 15.0 Å². The Morgan fingerprint density at radius 1 is 1.07 bits per heavy atom. The SMILES string of the molecule is CCC(C)NC(=O)N(C=N)c1ccc(N2CCN(c3ccc(OCC4COC(Cn5nccn5)(C5CC5)O4)cc3)CC2)cc1. The topological polar surface area (TPSA) is 121 Å². The number of piperazine rings is 1. The summed E-state index contributed by atoms with van der Waals surface area (Å²) in [5.74, 6) is 0.527. The van der Waals surface area contributed by atoms with Gasteiger partial charge in [0, 0.05) is 49.5 Å². The van der Waals surface area contributed by atoms with Crippen LogP contribution in [0.2, 0.25) is 0 Å². The molecule has 234 valence electrons. The summed E-state index contributed by atoms with van der Waals surface area (Å²) in [6.07, 6.45) is 7.29. The Labute approximate surface area is 258 Å². The van der Waals surface area contributed by atoms with Crippen molar-refractivity contribution in [1.82, 2.24) is 20.3 Å². The zero-order valence-electron chi connectivity index (χ0n) is 25.5. The average Bonchev–Trinajstić information content (AvgIpc) is 3.66. The first kappa shape index (κ1) is 29.9. The Hall–Kier alpha value is -4.16. The van der Waals surface area contributed by atoms with Gasteiger partial charge in [0.15, 0.2) is 5.79 Å². The Balaban J connectivity index is 0.967. The standard InChI is InChI=1S/C32H42N8O4/c1-3-24(2)36-31(41)39(23-33)28-8-6-26(7-9-28)37-16-18-38(19-17-37)27-10-12-29(13-11-27)42-20-30-21-43-32(44-30,25-4-5-25)22-40-34-14-15-35-40/h6-15,23-25,30,33H,3-5,16-22H2,1-2H3,(H,36,41). The predicted molar refractivity (Wildman–Crippen MR) is 169 cm³/mol. The minimum Gasteiger partial charge on any atom is -0.491 e. The normalized spacial score (nSPS) is 22.5. The maximum absolute atomic E-state index is 12.5. The molecule has 12 nitrogen and oxygen atoms in total. The van der Waals surface area contributed by atoms with E-state index in [1.165, 1.54) is 10.6 Å². The lowest BCUT2D eigenvalue weighted by molar-refractivity contribution is -0.198. The van der Waals surface area contributed by atoms with E-state index in [0.717, 1.165) is 63.2 Å². The van der Waals surface area contributed by atoms with E-state index in [1.807, 2.05) is 50.2 Å². The number of ether oxygens (including phenoxy) is 3. The zero-order valence-corrected chi connectivity index (χ0v) is 25.5. The third kappa shape index (κ3) is 6.81. The maximum Gasteiger partial charge on any atom is 0.327 e. The summed E-state index contributed by atoms with van der Waals surface area (Å²) < 4.78 is 18.7. The van der Waals surface area contributed by atoms with E-state index in [2.05, 4.69) is 37.4 Å². The van der Waals surface area contributed by atoms with Gasteiger partial charge in [-0.05, 0) is 74.7 Å². The largest absolute Gasteiger partial charge is 0.491 e. The van der Waals surface area contributed by atoms with E-state index in [0.29, 0.717) is 31.4 Å². The molecule has 0 bridgehead atoms. The molecule has 3 unspecified atom stereocenters. The number of nitrogens with zero attached hydrogens (tertiary/aromatic N) is 6. The van der Waals surface area contributed by atoms with Crippen LogP contribution in [0.1, 0.15) is 33.1 Å². The number of carbonyl (C=O) groups is 1. The molecule has 44 heavy (non-hydrogen) atoms. The highest BCUT2D eigenvalue weighted by Gasteiger charge is 2.53. The summed E-state index contributed by atoms with van der Waals surface area (Å²) in [6, 6.07) is 15.9. The van der Waals surface area contributed by atoms with Crippen LogP contribution in [-0.2, 0) is 16.0 Å². The molecule has 6 rings (SSSR count). The molecule has 1 saturated carbocycles. The van der Waals surface area contributed by atoms with E-state index in [-0.39, 0.29) is 18.2 Å². The molecule has 3 atom stereocenters. The minimum atomic E-state index is -0.661. The van der Waals surface area contributed by atoms with Crippen LogP contribution in [0.15, 0.2) is 60.9 Å². The fourth-order valence-electron chi connectivity index (χ4n) is 5.76. The highest BCUT2D eigenvalue weighted by Crippen LogP contribution is 2.46. The Morgan fingerprint density at radius 2 is 1.68 bits per heavy atom. The highest BCUT2D eigenvalue weighted by molar-refractivity contribution is 6.06. The molecular weight excluding hydrogens is 560 g/mol. The summed E-state index contributed by atoms with van der Waals surface area (Å²) in [4.78, 5) is 20.2. The number of nitrogens with one attached hydrogen (secondary N) is 2. The van der Waals surface area contributed by atoms with Crippen LogP contribution in [0.4, 0.5) is 21.9 Å². The molecule has 3 aromatic rings. The molecule has 3 aliphatic rings. The van der Waals surface area contributed by atoms with E-state index in [1.54, 1.807) is 17.2 Å². The van der Waals surface area contributed by atoms with Gasteiger partial charge < -0.3 is 29.3 Å². The molecule has 2 aliphatic heterocycles. The van der Waals surface area contributed by atoms with Crippen molar-refractivity contribution in [1.29, 1.82) is 5.41 Å². The first-order valence-corrected chi connectivity index (χ1v) is 15.6. The number of aromatic nitrogens is 3. The van der Waals surface area contributed by atoms with Gasteiger partial charge in [-0.3, -0.25) is 10.3 Å². The zero-order chi connectivity index (χ0) is 30.5. The number of anilines is 3.